The van der Waals surface area contributed by atoms with Crippen LogP contribution >= 0.6 is 0 Å². The lowest BCUT2D eigenvalue weighted by atomic mass is 10.2. The van der Waals surface area contributed by atoms with Gasteiger partial charge in [-0.1, -0.05) is 18.7 Å². The molecule has 0 aliphatic rings. The summed E-state index contributed by atoms with van der Waals surface area (Å²) in [4.78, 5) is 14.7. The van der Waals surface area contributed by atoms with Crippen LogP contribution in [0.3, 0.4) is 0 Å². The van der Waals surface area contributed by atoms with E-state index in [9.17, 15) is 4.79 Å². The van der Waals surface area contributed by atoms with E-state index in [1.807, 2.05) is 36.7 Å². The minimum absolute atomic E-state index is 0.514. The fourth-order valence-corrected chi connectivity index (χ4v) is 2.05. The molecule has 25 heavy (non-hydrogen) atoms. The summed E-state index contributed by atoms with van der Waals surface area (Å²) in [5.74, 6) is 1.57. The lowest BCUT2D eigenvalue weighted by molar-refractivity contribution is 0.112. The predicted molar refractivity (Wildman–Crippen MR) is 101 cm³/mol. The SMILES string of the molecule is C=CN=C/C=C(\C)c1nnc(CNc2cccc(C=O)c2)n1C.CO. The van der Waals surface area contributed by atoms with Crippen molar-refractivity contribution in [3.05, 3.63) is 60.3 Å². The minimum atomic E-state index is 0.514. The lowest BCUT2D eigenvalue weighted by Gasteiger charge is -2.07. The molecule has 1 aromatic heterocycles. The quantitative estimate of drug-likeness (QED) is 0.596. The Bertz CT molecular complexity index is 763. The maximum absolute atomic E-state index is 10.8. The molecule has 0 unspecified atom stereocenters. The molecule has 0 amide bonds. The number of anilines is 1. The molecule has 7 nitrogen and oxygen atoms in total. The molecule has 0 aliphatic heterocycles. The van der Waals surface area contributed by atoms with Gasteiger partial charge in [0.1, 0.15) is 6.29 Å². The molecule has 2 N–H and O–H groups in total. The van der Waals surface area contributed by atoms with Gasteiger partial charge in [-0.25, -0.2) is 0 Å². The third-order valence-electron chi connectivity index (χ3n) is 3.31. The first-order valence-electron chi connectivity index (χ1n) is 7.59. The maximum Gasteiger partial charge on any atom is 0.159 e. The highest BCUT2D eigenvalue weighted by molar-refractivity contribution is 5.82. The average Bonchev–Trinajstić information content (AvgIpc) is 3.02. The van der Waals surface area contributed by atoms with Gasteiger partial charge < -0.3 is 15.0 Å². The van der Waals surface area contributed by atoms with E-state index in [-0.39, 0.29) is 0 Å². The van der Waals surface area contributed by atoms with Crippen molar-refractivity contribution in [3.63, 3.8) is 0 Å². The molecule has 1 aromatic carbocycles. The number of aromatic nitrogens is 3. The molecule has 2 rings (SSSR count). The van der Waals surface area contributed by atoms with E-state index >= 15 is 0 Å². The topological polar surface area (TPSA) is 92.4 Å². The summed E-state index contributed by atoms with van der Waals surface area (Å²) < 4.78 is 1.92. The average molecular weight is 341 g/mol. The summed E-state index contributed by atoms with van der Waals surface area (Å²) in [6, 6.07) is 7.29. The Hall–Kier alpha value is -3.06. The van der Waals surface area contributed by atoms with Gasteiger partial charge in [-0.15, -0.1) is 10.2 Å². The summed E-state index contributed by atoms with van der Waals surface area (Å²) in [6.45, 7) is 5.99. The first kappa shape index (κ1) is 20.0. The van der Waals surface area contributed by atoms with Gasteiger partial charge in [0.25, 0.3) is 0 Å². The summed E-state index contributed by atoms with van der Waals surface area (Å²) >= 11 is 0. The van der Waals surface area contributed by atoms with E-state index < -0.39 is 0 Å². The molecule has 2 aromatic rings. The van der Waals surface area contributed by atoms with Crippen molar-refractivity contribution in [1.29, 1.82) is 0 Å². The Balaban J connectivity index is 0.00000151. The molecule has 0 saturated heterocycles. The summed E-state index contributed by atoms with van der Waals surface area (Å²) in [5, 5.41) is 18.6. The summed E-state index contributed by atoms with van der Waals surface area (Å²) in [5.41, 5.74) is 2.46. The Morgan fingerprint density at radius 2 is 2.16 bits per heavy atom. The fraction of sp³-hybridized carbons (Fsp3) is 0.222. The van der Waals surface area contributed by atoms with Crippen LogP contribution in [0.15, 0.2) is 48.1 Å². The van der Waals surface area contributed by atoms with E-state index in [0.717, 1.165) is 36.3 Å². The number of allylic oxidation sites excluding steroid dienone is 2. The van der Waals surface area contributed by atoms with Crippen LogP contribution in [-0.4, -0.2) is 39.5 Å². The number of rotatable bonds is 7. The van der Waals surface area contributed by atoms with Crippen LogP contribution < -0.4 is 5.32 Å². The Morgan fingerprint density at radius 3 is 2.84 bits per heavy atom. The van der Waals surface area contributed by atoms with Crippen molar-refractivity contribution < 1.29 is 9.90 Å². The number of aliphatic imine (C=N–C) groups is 1. The van der Waals surface area contributed by atoms with Crippen LogP contribution in [0.4, 0.5) is 5.69 Å². The summed E-state index contributed by atoms with van der Waals surface area (Å²) in [7, 11) is 2.91. The van der Waals surface area contributed by atoms with Crippen LogP contribution in [0.2, 0.25) is 0 Å². The number of aliphatic hydroxyl groups excluding tert-OH is 1. The van der Waals surface area contributed by atoms with Crippen molar-refractivity contribution in [1.82, 2.24) is 14.8 Å². The highest BCUT2D eigenvalue weighted by Gasteiger charge is 2.09. The number of carbonyl (C=O) groups is 1. The van der Waals surface area contributed by atoms with E-state index in [1.54, 1.807) is 18.3 Å². The van der Waals surface area contributed by atoms with Crippen molar-refractivity contribution in [3.8, 4) is 0 Å². The zero-order chi connectivity index (χ0) is 18.7. The highest BCUT2D eigenvalue weighted by atomic mass is 16.2. The lowest BCUT2D eigenvalue weighted by Crippen LogP contribution is -2.07. The van der Waals surface area contributed by atoms with Gasteiger partial charge in [-0.05, 0) is 30.7 Å². The van der Waals surface area contributed by atoms with Crippen LogP contribution in [0.25, 0.3) is 5.57 Å². The molecule has 0 atom stereocenters. The van der Waals surface area contributed by atoms with E-state index in [4.69, 9.17) is 5.11 Å². The molecule has 0 bridgehead atoms. The van der Waals surface area contributed by atoms with E-state index in [2.05, 4.69) is 27.1 Å². The monoisotopic (exact) mass is 341 g/mol. The zero-order valence-electron chi connectivity index (χ0n) is 14.7. The highest BCUT2D eigenvalue weighted by Crippen LogP contribution is 2.13. The normalized spacial score (nSPS) is 11.0. The second kappa shape index (κ2) is 10.7. The molecular weight excluding hydrogens is 318 g/mol. The molecular formula is C18H23N5O2. The van der Waals surface area contributed by atoms with Gasteiger partial charge in [-0.3, -0.25) is 9.79 Å². The molecule has 132 valence electrons. The van der Waals surface area contributed by atoms with Crippen molar-refractivity contribution in [2.24, 2.45) is 12.0 Å². The largest absolute Gasteiger partial charge is 0.400 e. The number of aliphatic hydroxyl groups is 1. The third kappa shape index (κ3) is 5.82. The number of aldehydes is 1. The van der Waals surface area contributed by atoms with Gasteiger partial charge in [-0.2, -0.15) is 0 Å². The zero-order valence-corrected chi connectivity index (χ0v) is 14.7. The second-order valence-electron chi connectivity index (χ2n) is 4.93. The van der Waals surface area contributed by atoms with Crippen LogP contribution in [0.5, 0.6) is 0 Å². The van der Waals surface area contributed by atoms with Crippen LogP contribution in [-0.2, 0) is 13.6 Å². The number of nitrogens with one attached hydrogen (secondary N) is 1. The molecule has 0 fully saturated rings. The number of nitrogens with zero attached hydrogens (tertiary/aromatic N) is 4. The Kier molecular flexibility index (Phi) is 8.53. The van der Waals surface area contributed by atoms with Gasteiger partial charge in [0, 0.05) is 37.8 Å². The third-order valence-corrected chi connectivity index (χ3v) is 3.31. The predicted octanol–water partition coefficient (Wildman–Crippen LogP) is 2.47. The standard InChI is InChI=1S/C17H19N5O.CH4O/c1-4-18-9-8-13(2)17-21-20-16(22(17)3)11-19-15-7-5-6-14(10-15)12-23;1-2/h4-10,12,19H,1,11H2,2-3H3;2H,1H3/b13-8+,18-9?;. The maximum atomic E-state index is 10.8. The number of hydrogen-bond donors (Lipinski definition) is 2. The first-order valence-corrected chi connectivity index (χ1v) is 7.59. The molecule has 0 spiro atoms. The van der Waals surface area contributed by atoms with Crippen molar-refractivity contribution >= 4 is 23.8 Å². The molecule has 0 saturated carbocycles. The molecule has 0 aliphatic carbocycles. The minimum Gasteiger partial charge on any atom is -0.400 e. The van der Waals surface area contributed by atoms with Crippen molar-refractivity contribution in [2.75, 3.05) is 12.4 Å². The number of hydrogen-bond acceptors (Lipinski definition) is 6. The molecule has 7 heteroatoms. The Morgan fingerprint density at radius 1 is 1.40 bits per heavy atom. The molecule has 1 heterocycles. The van der Waals surface area contributed by atoms with E-state index in [1.165, 1.54) is 6.20 Å². The summed E-state index contributed by atoms with van der Waals surface area (Å²) in [6.07, 6.45) is 5.82. The molecule has 0 radical (unpaired) electrons. The van der Waals surface area contributed by atoms with Gasteiger partial charge in [0.15, 0.2) is 11.6 Å². The van der Waals surface area contributed by atoms with Gasteiger partial charge in [0.05, 0.1) is 6.54 Å². The van der Waals surface area contributed by atoms with Gasteiger partial charge >= 0.3 is 0 Å². The Labute approximate surface area is 147 Å². The number of benzene rings is 1. The van der Waals surface area contributed by atoms with Crippen LogP contribution in [0, 0.1) is 0 Å². The second-order valence-corrected chi connectivity index (χ2v) is 4.93. The number of carbonyl (C=O) groups excluding carboxylic acids is 1. The van der Waals surface area contributed by atoms with Gasteiger partial charge in [0.2, 0.25) is 0 Å². The fourth-order valence-electron chi connectivity index (χ4n) is 2.05. The first-order chi connectivity index (χ1) is 12.2. The van der Waals surface area contributed by atoms with E-state index in [0.29, 0.717) is 12.1 Å². The van der Waals surface area contributed by atoms with Crippen molar-refractivity contribution in [2.45, 2.75) is 13.5 Å². The smallest absolute Gasteiger partial charge is 0.159 e. The van der Waals surface area contributed by atoms with Crippen LogP contribution in [0.1, 0.15) is 28.9 Å².